The third kappa shape index (κ3) is 22.0. The van der Waals surface area contributed by atoms with E-state index in [0.717, 1.165) is 32.5 Å². The van der Waals surface area contributed by atoms with Crippen molar-refractivity contribution in [3.63, 3.8) is 0 Å². The summed E-state index contributed by atoms with van der Waals surface area (Å²) in [5, 5.41) is 23.5. The van der Waals surface area contributed by atoms with Crippen molar-refractivity contribution in [2.75, 3.05) is 13.2 Å². The van der Waals surface area contributed by atoms with Gasteiger partial charge in [-0.25, -0.2) is 23.9 Å². The largest absolute Gasteiger partial charge is 0.491 e. The summed E-state index contributed by atoms with van der Waals surface area (Å²) < 4.78 is 144. The Labute approximate surface area is 718 Å². The van der Waals surface area contributed by atoms with Crippen molar-refractivity contribution in [2.24, 2.45) is 0 Å². The average molecular weight is 1900 g/mol. The summed E-state index contributed by atoms with van der Waals surface area (Å²) in [6.45, 7) is 23.8. The van der Waals surface area contributed by atoms with Gasteiger partial charge in [0, 0.05) is 71.5 Å². The number of hydrogen-bond acceptors (Lipinski definition) is 18. The summed E-state index contributed by atoms with van der Waals surface area (Å²) in [6, 6.07) is 24.3. The van der Waals surface area contributed by atoms with Crippen molar-refractivity contribution in [1.82, 2.24) is 39.0 Å². The summed E-state index contributed by atoms with van der Waals surface area (Å²) >= 11 is 16.0. The molecule has 0 aliphatic carbocycles. The van der Waals surface area contributed by atoms with Crippen LogP contribution >= 0.6 is 61.8 Å². The molecule has 0 fully saturated rings. The zero-order valence-electron chi connectivity index (χ0n) is 68.2. The van der Waals surface area contributed by atoms with E-state index < -0.39 is 110 Å². The first-order chi connectivity index (χ1) is 56.6. The van der Waals surface area contributed by atoms with E-state index >= 15 is 0 Å². The number of benzene rings is 4. The third-order valence-electron chi connectivity index (χ3n) is 19.6. The first-order valence-electron chi connectivity index (χ1n) is 38.7. The number of ether oxygens (including phenoxy) is 4. The van der Waals surface area contributed by atoms with Crippen LogP contribution in [0.15, 0.2) is 122 Å². The molecule has 18 nitrogen and oxygen atoms in total. The van der Waals surface area contributed by atoms with Crippen molar-refractivity contribution in [3.8, 4) is 45.9 Å². The van der Waals surface area contributed by atoms with Crippen LogP contribution in [0.3, 0.4) is 0 Å². The van der Waals surface area contributed by atoms with E-state index in [0.29, 0.717) is 82.5 Å². The number of nitrogens with zero attached hydrogens (tertiary/aromatic N) is 10. The van der Waals surface area contributed by atoms with Crippen molar-refractivity contribution < 1.29 is 63.7 Å². The first kappa shape index (κ1) is 92.8. The average Bonchev–Trinajstić information content (AvgIpc) is 1.01. The molecule has 0 aliphatic heterocycles. The van der Waals surface area contributed by atoms with Gasteiger partial charge in [0.1, 0.15) is 65.5 Å². The molecule has 32 heteroatoms. The number of esters is 2. The molecule has 630 valence electrons. The van der Waals surface area contributed by atoms with Gasteiger partial charge in [-0.1, -0.05) is 23.2 Å². The maximum Gasteiger partial charge on any atom is 0.417 e. The molecular formula is C88H87BrCl2F8N10O8S2Sn. The SMILES string of the molecule is CCC[CH2][Sn]([CH2]CCC)([CH2]CCC)[CH2]c1ncccc1F.Cc1cc(-c2cc(Cl)ccc2OCCn2c(C)nc3cc(C(F)(F)F)c(Br)c(C#N)c3c2=O)c2scc(C(=O)OC(C)(C)C)c2n1.Cc1cc(-c2cc(Cl)ccc2OCCn2c(C)nc3cc(C(F)(F)F)c(Cc4ncccc4F)c(C#N)c3c2=O)c2scc(C(=O)OC(C)(C)C)c2n1. The topological polar surface area (TPSA) is 240 Å². The number of carbonyl (C=O) groups is 2. The number of aromatic nitrogens is 8. The van der Waals surface area contributed by atoms with Crippen LogP contribution in [0.1, 0.15) is 184 Å². The van der Waals surface area contributed by atoms with Crippen LogP contribution in [0, 0.1) is 62.0 Å². The van der Waals surface area contributed by atoms with Gasteiger partial charge in [0.25, 0.3) is 11.1 Å². The molecule has 0 unspecified atom stereocenters. The molecule has 0 saturated heterocycles. The molecule has 8 heterocycles. The van der Waals surface area contributed by atoms with Crippen LogP contribution in [0.25, 0.3) is 64.5 Å². The molecule has 0 radical (unpaired) electrons. The fourth-order valence-corrected chi connectivity index (χ4v) is 33.0. The number of halogens is 11. The number of alkyl halides is 6. The van der Waals surface area contributed by atoms with Crippen LogP contribution in [-0.2, 0) is 45.8 Å². The molecule has 12 aromatic rings. The number of fused-ring (bicyclic) bond motifs is 4. The molecule has 8 aromatic heterocycles. The summed E-state index contributed by atoms with van der Waals surface area (Å²) in [5.74, 6) is -0.879. The molecule has 0 N–H and O–H groups in total. The number of aryl methyl sites for hydroxylation is 4. The minimum Gasteiger partial charge on any atom is -0.491 e. The monoisotopic (exact) mass is 1900 g/mol. The number of thiophene rings is 2. The van der Waals surface area contributed by atoms with E-state index in [1.165, 1.54) is 110 Å². The maximum atomic E-state index is 14.5. The summed E-state index contributed by atoms with van der Waals surface area (Å²) in [5.41, 5.74) is -1.33. The number of rotatable bonds is 25. The van der Waals surface area contributed by atoms with Crippen LogP contribution in [-0.4, -0.2) is 93.8 Å². The minimum atomic E-state index is -4.94. The summed E-state index contributed by atoms with van der Waals surface area (Å²) in [7, 11) is 0. The summed E-state index contributed by atoms with van der Waals surface area (Å²) in [4.78, 5) is 79.4. The standard InChI is InChI=1S/C38H30ClF4N5O4S.C32H25BrClF3N4O4S.C6H5FN.3C4H9.Sn/c1-19-13-24(34-33(46-19)26(18-53-34)36(50)52-37(3,4)5)23-14-21(39)8-9-31(23)51-12-11-48-20(2)47-30-16-27(38(41,42)43)22(25(17-44)32(30)35(48)49)15-29-28(40)7-6-10-45-29;1-15-10-19(28-27(39-15)21(14-46-28)30(43)45-31(3,4)5)18-11-17(34)6-7-24(18)44-9-8-41-16(2)40-23-12-22(32(35,36)37)26(33)20(13-38)25(23)29(41)42;1-5-6(7)3-2-4-8-5;3*1-3-4-2;/h6-10,13-14,16,18H,11-12,15H2,1-5H3;6-7,10-12,14H,8-9H2,1-5H3;2-4H,1H2;3*1,3-4H2,2H3;. The van der Waals surface area contributed by atoms with Crippen molar-refractivity contribution >= 4 is 134 Å². The van der Waals surface area contributed by atoms with Crippen molar-refractivity contribution in [3.05, 3.63) is 228 Å². The van der Waals surface area contributed by atoms with Crippen LogP contribution in [0.4, 0.5) is 35.1 Å². The quantitative estimate of drug-likeness (QED) is 0.0293. The first-order valence-corrected chi connectivity index (χ1v) is 50.1. The van der Waals surface area contributed by atoms with E-state index in [-0.39, 0.29) is 71.3 Å². The van der Waals surface area contributed by atoms with E-state index in [1.54, 1.807) is 133 Å². The normalized spacial score (nSPS) is 11.9. The molecule has 4 aromatic carbocycles. The molecule has 0 bridgehead atoms. The van der Waals surface area contributed by atoms with Gasteiger partial charge in [0.2, 0.25) is 0 Å². The smallest absolute Gasteiger partial charge is 0.417 e. The number of hydrogen-bond donors (Lipinski definition) is 0. The van der Waals surface area contributed by atoms with Gasteiger partial charge in [-0.15, -0.1) is 22.7 Å². The number of unbranched alkanes of at least 4 members (excludes halogenated alkanes) is 3. The number of carbonyl (C=O) groups excluding carboxylic acids is 2. The van der Waals surface area contributed by atoms with Gasteiger partial charge < -0.3 is 18.9 Å². The minimum absolute atomic E-state index is 0.0221. The molecule has 0 amide bonds. The maximum absolute atomic E-state index is 14.5. The second-order valence-corrected chi connectivity index (χ2v) is 48.2. The van der Waals surface area contributed by atoms with Gasteiger partial charge in [-0.3, -0.25) is 33.7 Å². The molecule has 120 heavy (non-hydrogen) atoms. The van der Waals surface area contributed by atoms with Gasteiger partial charge >= 0.3 is 159 Å². The predicted molar refractivity (Wildman–Crippen MR) is 459 cm³/mol. The second kappa shape index (κ2) is 39.1. The van der Waals surface area contributed by atoms with Crippen LogP contribution in [0.2, 0.25) is 23.4 Å². The van der Waals surface area contributed by atoms with Crippen molar-refractivity contribution in [1.29, 1.82) is 10.5 Å². The Morgan fingerprint density at radius 1 is 0.558 bits per heavy atom. The zero-order valence-corrected chi connectivity index (χ0v) is 75.8. The fourth-order valence-electron chi connectivity index (χ4n) is 14.1. The van der Waals surface area contributed by atoms with E-state index in [1.807, 2.05) is 12.1 Å². The fraction of sp³-hybridized carbons (Fsp3) is 0.364. The van der Waals surface area contributed by atoms with Gasteiger partial charge in [-0.05, 0) is 164 Å². The van der Waals surface area contributed by atoms with E-state index in [2.05, 4.69) is 66.6 Å². The number of nitriles is 2. The Morgan fingerprint density at radius 3 is 1.36 bits per heavy atom. The molecule has 12 rings (SSSR count). The molecular weight excluding hydrogens is 1810 g/mol. The molecule has 0 atom stereocenters. The molecule has 0 saturated carbocycles. The Hall–Kier alpha value is -9.50. The predicted octanol–water partition coefficient (Wildman–Crippen LogP) is 23.8. The molecule has 0 aliphatic rings. The Morgan fingerprint density at radius 2 is 0.967 bits per heavy atom. The van der Waals surface area contributed by atoms with Crippen LogP contribution in [0.5, 0.6) is 11.5 Å². The van der Waals surface area contributed by atoms with Crippen molar-refractivity contribution in [2.45, 2.75) is 189 Å². The van der Waals surface area contributed by atoms with Gasteiger partial charge in [0.05, 0.1) is 94.4 Å². The van der Waals surface area contributed by atoms with E-state index in [4.69, 9.17) is 42.1 Å². The second-order valence-electron chi connectivity index (χ2n) is 30.9. The zero-order chi connectivity index (χ0) is 87.7. The van der Waals surface area contributed by atoms with E-state index in [9.17, 15) is 64.8 Å². The Kier molecular flexibility index (Phi) is 30.3. The Balaban J connectivity index is 0.000000206. The number of pyridine rings is 4. The van der Waals surface area contributed by atoms with Gasteiger partial charge in [0.15, 0.2) is 0 Å². The van der Waals surface area contributed by atoms with Crippen LogP contribution < -0.4 is 20.6 Å². The molecule has 0 spiro atoms. The van der Waals surface area contributed by atoms with Gasteiger partial charge in [-0.2, -0.15) is 36.9 Å². The Bertz CT molecular complexity index is 6070. The third-order valence-corrected chi connectivity index (χ3v) is 38.1. The summed E-state index contributed by atoms with van der Waals surface area (Å²) in [6.07, 6.45) is 0.401.